The number of rotatable bonds is 3. The SMILES string of the molecule is COc1ccc(Br)cc1C(=O)Nc1ccc2oc(=O)n(C)c2c1. The molecule has 1 aromatic heterocycles. The van der Waals surface area contributed by atoms with Crippen molar-refractivity contribution in [2.45, 2.75) is 0 Å². The summed E-state index contributed by atoms with van der Waals surface area (Å²) in [7, 11) is 3.12. The fourth-order valence-corrected chi connectivity index (χ4v) is 2.62. The van der Waals surface area contributed by atoms with Gasteiger partial charge in [0.2, 0.25) is 0 Å². The van der Waals surface area contributed by atoms with Gasteiger partial charge in [-0.15, -0.1) is 0 Å². The van der Waals surface area contributed by atoms with Crippen LogP contribution in [0.3, 0.4) is 0 Å². The van der Waals surface area contributed by atoms with Gasteiger partial charge < -0.3 is 14.5 Å². The molecule has 2 aromatic carbocycles. The molecule has 0 aliphatic carbocycles. The Morgan fingerprint density at radius 2 is 2.04 bits per heavy atom. The van der Waals surface area contributed by atoms with E-state index in [-0.39, 0.29) is 5.91 Å². The minimum atomic E-state index is -0.447. The molecule has 0 fully saturated rings. The zero-order chi connectivity index (χ0) is 16.6. The maximum absolute atomic E-state index is 12.5. The quantitative estimate of drug-likeness (QED) is 0.761. The van der Waals surface area contributed by atoms with Crippen LogP contribution in [-0.2, 0) is 7.05 Å². The topological polar surface area (TPSA) is 73.5 Å². The molecular weight excluding hydrogens is 364 g/mol. The van der Waals surface area contributed by atoms with Crippen molar-refractivity contribution >= 4 is 38.6 Å². The van der Waals surface area contributed by atoms with Crippen LogP contribution in [0.5, 0.6) is 5.75 Å². The first-order chi connectivity index (χ1) is 11.0. The Morgan fingerprint density at radius 3 is 2.78 bits per heavy atom. The Labute approximate surface area is 139 Å². The number of hydrogen-bond acceptors (Lipinski definition) is 4. The summed E-state index contributed by atoms with van der Waals surface area (Å²) < 4.78 is 12.4. The summed E-state index contributed by atoms with van der Waals surface area (Å²) in [5.74, 6) is -0.282. The highest BCUT2D eigenvalue weighted by Gasteiger charge is 2.14. The van der Waals surface area contributed by atoms with Gasteiger partial charge in [0.25, 0.3) is 5.91 Å². The molecule has 1 N–H and O–H groups in total. The summed E-state index contributed by atoms with van der Waals surface area (Å²) in [6.07, 6.45) is 0. The summed E-state index contributed by atoms with van der Waals surface area (Å²) >= 11 is 3.34. The number of oxazole rings is 1. The molecule has 1 amide bonds. The van der Waals surface area contributed by atoms with Crippen molar-refractivity contribution in [1.29, 1.82) is 0 Å². The highest BCUT2D eigenvalue weighted by Crippen LogP contribution is 2.25. The van der Waals surface area contributed by atoms with Crippen LogP contribution in [-0.4, -0.2) is 17.6 Å². The van der Waals surface area contributed by atoms with Crippen molar-refractivity contribution in [3.63, 3.8) is 0 Å². The molecule has 0 saturated heterocycles. The number of benzene rings is 2. The standard InChI is InChI=1S/C16H13BrN2O4/c1-19-12-8-10(4-6-14(12)23-16(19)21)18-15(20)11-7-9(17)3-5-13(11)22-2/h3-8H,1-2H3,(H,18,20). The molecule has 6 nitrogen and oxygen atoms in total. The zero-order valence-corrected chi connectivity index (χ0v) is 14.0. The molecule has 7 heteroatoms. The second-order valence-electron chi connectivity index (χ2n) is 4.91. The molecule has 0 spiro atoms. The van der Waals surface area contributed by atoms with Crippen LogP contribution in [0.1, 0.15) is 10.4 Å². The van der Waals surface area contributed by atoms with E-state index in [4.69, 9.17) is 9.15 Å². The van der Waals surface area contributed by atoms with E-state index in [1.54, 1.807) is 43.4 Å². The van der Waals surface area contributed by atoms with Gasteiger partial charge in [0.05, 0.1) is 18.2 Å². The fraction of sp³-hybridized carbons (Fsp3) is 0.125. The number of amides is 1. The van der Waals surface area contributed by atoms with Gasteiger partial charge in [0, 0.05) is 17.2 Å². The molecule has 0 atom stereocenters. The van der Waals surface area contributed by atoms with Gasteiger partial charge in [-0.2, -0.15) is 0 Å². The van der Waals surface area contributed by atoms with Gasteiger partial charge in [-0.25, -0.2) is 4.79 Å². The van der Waals surface area contributed by atoms with E-state index in [0.717, 1.165) is 4.47 Å². The molecule has 0 unspecified atom stereocenters. The van der Waals surface area contributed by atoms with E-state index in [9.17, 15) is 9.59 Å². The first kappa shape index (κ1) is 15.4. The third kappa shape index (κ3) is 2.87. The molecular formula is C16H13BrN2O4. The van der Waals surface area contributed by atoms with Gasteiger partial charge in [-0.05, 0) is 36.4 Å². The molecule has 0 aliphatic rings. The van der Waals surface area contributed by atoms with Crippen LogP contribution in [0.4, 0.5) is 5.69 Å². The Balaban J connectivity index is 1.95. The number of nitrogens with one attached hydrogen (secondary N) is 1. The number of fused-ring (bicyclic) bond motifs is 1. The lowest BCUT2D eigenvalue weighted by Crippen LogP contribution is -2.13. The molecule has 118 valence electrons. The van der Waals surface area contributed by atoms with Crippen LogP contribution in [0.15, 0.2) is 50.1 Å². The molecule has 1 heterocycles. The highest BCUT2D eigenvalue weighted by molar-refractivity contribution is 9.10. The predicted octanol–water partition coefficient (Wildman–Crippen LogP) is 3.15. The Bertz CT molecular complexity index is 958. The van der Waals surface area contributed by atoms with E-state index >= 15 is 0 Å². The second-order valence-corrected chi connectivity index (χ2v) is 5.82. The molecule has 3 rings (SSSR count). The van der Waals surface area contributed by atoms with Crippen LogP contribution >= 0.6 is 15.9 Å². The molecule has 3 aromatic rings. The minimum Gasteiger partial charge on any atom is -0.496 e. The van der Waals surface area contributed by atoms with Gasteiger partial charge in [0.1, 0.15) is 5.75 Å². The van der Waals surface area contributed by atoms with Gasteiger partial charge >= 0.3 is 5.76 Å². The molecule has 0 aliphatic heterocycles. The number of halogens is 1. The first-order valence-corrected chi connectivity index (χ1v) is 7.53. The lowest BCUT2D eigenvalue weighted by Gasteiger charge is -2.10. The molecule has 0 bridgehead atoms. The van der Waals surface area contributed by atoms with Crippen molar-refractivity contribution in [2.24, 2.45) is 7.05 Å². The molecule has 0 saturated carbocycles. The van der Waals surface area contributed by atoms with Crippen molar-refractivity contribution in [2.75, 3.05) is 12.4 Å². The van der Waals surface area contributed by atoms with E-state index in [0.29, 0.717) is 28.1 Å². The monoisotopic (exact) mass is 376 g/mol. The predicted molar refractivity (Wildman–Crippen MR) is 90.1 cm³/mol. The highest BCUT2D eigenvalue weighted by atomic mass is 79.9. The summed E-state index contributed by atoms with van der Waals surface area (Å²) in [6, 6.07) is 10.2. The Kier molecular flexibility index (Phi) is 3.96. The zero-order valence-electron chi connectivity index (χ0n) is 12.4. The summed E-state index contributed by atoms with van der Waals surface area (Å²) in [5.41, 5.74) is 2.04. The van der Waals surface area contributed by atoms with Gasteiger partial charge in [0.15, 0.2) is 5.58 Å². The van der Waals surface area contributed by atoms with Crippen molar-refractivity contribution in [1.82, 2.24) is 4.57 Å². The smallest absolute Gasteiger partial charge is 0.419 e. The van der Waals surface area contributed by atoms with E-state index in [1.807, 2.05) is 0 Å². The molecule has 23 heavy (non-hydrogen) atoms. The number of aryl methyl sites for hydroxylation is 1. The minimum absolute atomic E-state index is 0.309. The van der Waals surface area contributed by atoms with Crippen molar-refractivity contribution in [3.05, 3.63) is 57.0 Å². The number of hydrogen-bond donors (Lipinski definition) is 1. The van der Waals surface area contributed by atoms with Crippen molar-refractivity contribution in [3.8, 4) is 5.75 Å². The third-order valence-electron chi connectivity index (χ3n) is 3.46. The average Bonchev–Trinajstić information content (AvgIpc) is 2.82. The van der Waals surface area contributed by atoms with E-state index in [2.05, 4.69) is 21.2 Å². The van der Waals surface area contributed by atoms with Crippen LogP contribution in [0.25, 0.3) is 11.1 Å². The number of methoxy groups -OCH3 is 1. The summed E-state index contributed by atoms with van der Waals surface area (Å²) in [5, 5.41) is 2.79. The van der Waals surface area contributed by atoms with Gasteiger partial charge in [-0.1, -0.05) is 15.9 Å². The first-order valence-electron chi connectivity index (χ1n) is 6.74. The number of aromatic nitrogens is 1. The normalized spacial score (nSPS) is 10.7. The Morgan fingerprint density at radius 1 is 1.26 bits per heavy atom. The van der Waals surface area contributed by atoms with E-state index < -0.39 is 5.76 Å². The number of nitrogens with zero attached hydrogens (tertiary/aromatic N) is 1. The average molecular weight is 377 g/mol. The second kappa shape index (κ2) is 5.92. The summed E-state index contributed by atoms with van der Waals surface area (Å²) in [6.45, 7) is 0. The summed E-state index contributed by atoms with van der Waals surface area (Å²) in [4.78, 5) is 24.0. The largest absolute Gasteiger partial charge is 0.496 e. The Hall–Kier alpha value is -2.54. The van der Waals surface area contributed by atoms with Gasteiger partial charge in [-0.3, -0.25) is 9.36 Å². The lowest BCUT2D eigenvalue weighted by molar-refractivity contribution is 0.102. The van der Waals surface area contributed by atoms with Crippen LogP contribution < -0.4 is 15.8 Å². The molecule has 0 radical (unpaired) electrons. The number of carbonyl (C=O) groups is 1. The maximum atomic E-state index is 12.5. The lowest BCUT2D eigenvalue weighted by atomic mass is 10.2. The van der Waals surface area contributed by atoms with Crippen LogP contribution in [0, 0.1) is 0 Å². The van der Waals surface area contributed by atoms with E-state index in [1.165, 1.54) is 11.7 Å². The third-order valence-corrected chi connectivity index (χ3v) is 3.95. The number of ether oxygens (including phenoxy) is 1. The fourth-order valence-electron chi connectivity index (χ4n) is 2.26. The maximum Gasteiger partial charge on any atom is 0.419 e. The van der Waals surface area contributed by atoms with Crippen molar-refractivity contribution < 1.29 is 13.9 Å². The number of anilines is 1. The number of carbonyl (C=O) groups excluding carboxylic acids is 1. The van der Waals surface area contributed by atoms with Crippen LogP contribution in [0.2, 0.25) is 0 Å².